The SMILES string of the molecule is CCCC(NCC(C)(O)c1ccc(C)o1)C1CC1. The lowest BCUT2D eigenvalue weighted by molar-refractivity contribution is 0.0298. The van der Waals surface area contributed by atoms with E-state index in [0.29, 0.717) is 18.3 Å². The number of furan rings is 1. The van der Waals surface area contributed by atoms with Gasteiger partial charge in [-0.3, -0.25) is 0 Å². The van der Waals surface area contributed by atoms with E-state index in [2.05, 4.69) is 12.2 Å². The maximum Gasteiger partial charge on any atom is 0.136 e. The predicted octanol–water partition coefficient (Wildman–Crippen LogP) is 2.96. The van der Waals surface area contributed by atoms with Crippen LogP contribution < -0.4 is 5.32 Å². The summed E-state index contributed by atoms with van der Waals surface area (Å²) in [5, 5.41) is 14.0. The minimum absolute atomic E-state index is 0.553. The van der Waals surface area contributed by atoms with Gasteiger partial charge in [-0.15, -0.1) is 0 Å². The quantitative estimate of drug-likeness (QED) is 0.783. The van der Waals surface area contributed by atoms with Gasteiger partial charge in [0.25, 0.3) is 0 Å². The first-order valence-electron chi connectivity index (χ1n) is 7.05. The molecule has 0 amide bonds. The predicted molar refractivity (Wildman–Crippen MR) is 72.4 cm³/mol. The van der Waals surface area contributed by atoms with E-state index >= 15 is 0 Å². The Morgan fingerprint density at radius 1 is 1.50 bits per heavy atom. The summed E-state index contributed by atoms with van der Waals surface area (Å²) in [6, 6.07) is 4.31. The molecule has 18 heavy (non-hydrogen) atoms. The van der Waals surface area contributed by atoms with Crippen LogP contribution in [-0.2, 0) is 5.60 Å². The molecule has 3 heteroatoms. The molecule has 1 heterocycles. The van der Waals surface area contributed by atoms with Crippen molar-refractivity contribution in [2.75, 3.05) is 6.54 Å². The summed E-state index contributed by atoms with van der Waals surface area (Å²) in [6.45, 7) is 6.48. The fourth-order valence-electron chi connectivity index (χ4n) is 2.45. The minimum Gasteiger partial charge on any atom is -0.463 e. The Balaban J connectivity index is 1.91. The summed E-state index contributed by atoms with van der Waals surface area (Å²) in [7, 11) is 0. The van der Waals surface area contributed by atoms with Crippen molar-refractivity contribution >= 4 is 0 Å². The van der Waals surface area contributed by atoms with Crippen LogP contribution in [0.2, 0.25) is 0 Å². The fourth-order valence-corrected chi connectivity index (χ4v) is 2.45. The van der Waals surface area contributed by atoms with Crippen molar-refractivity contribution in [3.63, 3.8) is 0 Å². The first-order valence-corrected chi connectivity index (χ1v) is 7.05. The first-order chi connectivity index (χ1) is 8.53. The highest BCUT2D eigenvalue weighted by Crippen LogP contribution is 2.35. The second kappa shape index (κ2) is 5.45. The van der Waals surface area contributed by atoms with Crippen LogP contribution in [0.5, 0.6) is 0 Å². The van der Waals surface area contributed by atoms with E-state index in [4.69, 9.17) is 4.42 Å². The molecule has 3 nitrogen and oxygen atoms in total. The normalized spacial score (nSPS) is 20.7. The van der Waals surface area contributed by atoms with Gasteiger partial charge in [0.1, 0.15) is 17.1 Å². The molecule has 1 saturated carbocycles. The van der Waals surface area contributed by atoms with Gasteiger partial charge in [-0.1, -0.05) is 13.3 Å². The van der Waals surface area contributed by atoms with Crippen LogP contribution in [0.1, 0.15) is 51.1 Å². The lowest BCUT2D eigenvalue weighted by Crippen LogP contribution is -2.41. The van der Waals surface area contributed by atoms with Crippen molar-refractivity contribution in [3.8, 4) is 0 Å². The van der Waals surface area contributed by atoms with Crippen molar-refractivity contribution in [2.45, 2.75) is 58.1 Å². The lowest BCUT2D eigenvalue weighted by atomic mass is 10.0. The third-order valence-corrected chi connectivity index (χ3v) is 3.77. The highest BCUT2D eigenvalue weighted by Gasteiger charge is 2.33. The molecule has 2 N–H and O–H groups in total. The third kappa shape index (κ3) is 3.36. The highest BCUT2D eigenvalue weighted by molar-refractivity contribution is 5.13. The van der Waals surface area contributed by atoms with Crippen molar-refractivity contribution in [1.82, 2.24) is 5.32 Å². The van der Waals surface area contributed by atoms with Crippen LogP contribution in [-0.4, -0.2) is 17.7 Å². The molecule has 1 aliphatic rings. The molecule has 0 aromatic carbocycles. The molecule has 0 saturated heterocycles. The molecule has 2 rings (SSSR count). The number of hydrogen-bond acceptors (Lipinski definition) is 3. The van der Waals surface area contributed by atoms with E-state index in [1.165, 1.54) is 25.7 Å². The number of nitrogens with one attached hydrogen (secondary N) is 1. The fraction of sp³-hybridized carbons (Fsp3) is 0.733. The van der Waals surface area contributed by atoms with Crippen molar-refractivity contribution in [1.29, 1.82) is 0 Å². The maximum atomic E-state index is 10.5. The Labute approximate surface area is 110 Å². The van der Waals surface area contributed by atoms with Gasteiger partial charge in [0.15, 0.2) is 0 Å². The molecule has 2 unspecified atom stereocenters. The largest absolute Gasteiger partial charge is 0.463 e. The summed E-state index contributed by atoms with van der Waals surface area (Å²) in [5.74, 6) is 2.32. The average Bonchev–Trinajstić information content (AvgIpc) is 3.06. The van der Waals surface area contributed by atoms with Gasteiger partial charge in [0, 0.05) is 12.6 Å². The molecule has 2 atom stereocenters. The van der Waals surface area contributed by atoms with E-state index in [1.54, 1.807) is 0 Å². The van der Waals surface area contributed by atoms with Crippen molar-refractivity contribution in [2.24, 2.45) is 5.92 Å². The molecule has 0 spiro atoms. The molecule has 1 aromatic heterocycles. The summed E-state index contributed by atoms with van der Waals surface area (Å²) in [5.41, 5.74) is -0.921. The second-order valence-corrected chi connectivity index (χ2v) is 5.80. The summed E-state index contributed by atoms with van der Waals surface area (Å²) in [4.78, 5) is 0. The van der Waals surface area contributed by atoms with Gasteiger partial charge in [-0.05, 0) is 51.2 Å². The molecule has 1 aliphatic carbocycles. The second-order valence-electron chi connectivity index (χ2n) is 5.80. The first kappa shape index (κ1) is 13.6. The third-order valence-electron chi connectivity index (χ3n) is 3.77. The van der Waals surface area contributed by atoms with Gasteiger partial charge in [-0.2, -0.15) is 0 Å². The van der Waals surface area contributed by atoms with Crippen LogP contribution in [0.3, 0.4) is 0 Å². The van der Waals surface area contributed by atoms with Crippen LogP contribution in [0.15, 0.2) is 16.5 Å². The Hall–Kier alpha value is -0.800. The van der Waals surface area contributed by atoms with Gasteiger partial charge < -0.3 is 14.8 Å². The van der Waals surface area contributed by atoms with Crippen molar-refractivity contribution < 1.29 is 9.52 Å². The number of hydrogen-bond donors (Lipinski definition) is 2. The smallest absolute Gasteiger partial charge is 0.136 e. The molecule has 0 aliphatic heterocycles. The Morgan fingerprint density at radius 2 is 2.22 bits per heavy atom. The topological polar surface area (TPSA) is 45.4 Å². The molecular weight excluding hydrogens is 226 g/mol. The monoisotopic (exact) mass is 251 g/mol. The van der Waals surface area contributed by atoms with Gasteiger partial charge in [0.05, 0.1) is 0 Å². The van der Waals surface area contributed by atoms with E-state index < -0.39 is 5.60 Å². The minimum atomic E-state index is -0.921. The van der Waals surface area contributed by atoms with Crippen molar-refractivity contribution in [3.05, 3.63) is 23.7 Å². The average molecular weight is 251 g/mol. The molecular formula is C15H25NO2. The molecule has 0 radical (unpaired) electrons. The van der Waals surface area contributed by atoms with E-state index in [-0.39, 0.29) is 0 Å². The zero-order valence-electron chi connectivity index (χ0n) is 11.7. The van der Waals surface area contributed by atoms with Gasteiger partial charge >= 0.3 is 0 Å². The van der Waals surface area contributed by atoms with E-state index in [1.807, 2.05) is 26.0 Å². The van der Waals surface area contributed by atoms with Crippen LogP contribution in [0, 0.1) is 12.8 Å². The zero-order chi connectivity index (χ0) is 13.2. The standard InChI is InChI=1S/C15H25NO2/c1-4-5-13(12-7-8-12)16-10-15(3,17)14-9-6-11(2)18-14/h6,9,12-13,16-17H,4-5,7-8,10H2,1-3H3. The zero-order valence-corrected chi connectivity index (χ0v) is 11.7. The Morgan fingerprint density at radius 3 is 2.72 bits per heavy atom. The molecule has 1 fully saturated rings. The molecule has 1 aromatic rings. The molecule has 0 bridgehead atoms. The molecule has 102 valence electrons. The number of aliphatic hydroxyl groups is 1. The summed E-state index contributed by atoms with van der Waals surface area (Å²) >= 11 is 0. The number of rotatable bonds is 7. The van der Waals surface area contributed by atoms with Gasteiger partial charge in [-0.25, -0.2) is 0 Å². The lowest BCUT2D eigenvalue weighted by Gasteiger charge is -2.25. The Bertz CT molecular complexity index is 380. The van der Waals surface area contributed by atoms with Crippen LogP contribution >= 0.6 is 0 Å². The highest BCUT2D eigenvalue weighted by atomic mass is 16.4. The Kier molecular flexibility index (Phi) is 4.13. The van der Waals surface area contributed by atoms with E-state index in [9.17, 15) is 5.11 Å². The summed E-state index contributed by atoms with van der Waals surface area (Å²) in [6.07, 6.45) is 5.05. The van der Waals surface area contributed by atoms with Gasteiger partial charge in [0.2, 0.25) is 0 Å². The van der Waals surface area contributed by atoms with Crippen LogP contribution in [0.4, 0.5) is 0 Å². The van der Waals surface area contributed by atoms with Crippen LogP contribution in [0.25, 0.3) is 0 Å². The summed E-state index contributed by atoms with van der Waals surface area (Å²) < 4.78 is 5.53. The maximum absolute atomic E-state index is 10.5. The number of aryl methyl sites for hydroxylation is 1. The van der Waals surface area contributed by atoms with E-state index in [0.717, 1.165) is 11.7 Å².